The zero-order valence-corrected chi connectivity index (χ0v) is 14.9. The van der Waals surface area contributed by atoms with Crippen molar-refractivity contribution in [1.29, 1.82) is 0 Å². The number of nitrogens with one attached hydrogen (secondary N) is 1. The number of carbonyl (C=O) groups excluding carboxylic acids is 1. The molecule has 0 aliphatic carbocycles. The Labute approximate surface area is 151 Å². The van der Waals surface area contributed by atoms with Crippen LogP contribution in [-0.2, 0) is 7.05 Å². The van der Waals surface area contributed by atoms with Crippen molar-refractivity contribution in [3.8, 4) is 17.0 Å². The van der Waals surface area contributed by atoms with E-state index >= 15 is 0 Å². The standard InChI is InChI=1S/C16H13ClN4O3S/c1-21-14(22)6-4-11(20-21)15(23)19-16-18-12(8-25-16)9-3-5-13(24-2)10(17)7-9/h3-8H,1-2H3,(H,18,19,23). The number of hydrogen-bond acceptors (Lipinski definition) is 6. The van der Waals surface area contributed by atoms with E-state index in [2.05, 4.69) is 15.4 Å². The molecule has 0 radical (unpaired) electrons. The van der Waals surface area contributed by atoms with Crippen molar-refractivity contribution in [3.63, 3.8) is 0 Å². The smallest absolute Gasteiger partial charge is 0.277 e. The summed E-state index contributed by atoms with van der Waals surface area (Å²) in [4.78, 5) is 27.9. The van der Waals surface area contributed by atoms with Crippen molar-refractivity contribution < 1.29 is 9.53 Å². The number of hydrogen-bond donors (Lipinski definition) is 1. The maximum Gasteiger partial charge on any atom is 0.277 e. The van der Waals surface area contributed by atoms with Gasteiger partial charge in [-0.05, 0) is 24.3 Å². The van der Waals surface area contributed by atoms with Crippen LogP contribution in [0.5, 0.6) is 5.75 Å². The van der Waals surface area contributed by atoms with Crippen LogP contribution >= 0.6 is 22.9 Å². The van der Waals surface area contributed by atoms with Gasteiger partial charge in [0.15, 0.2) is 5.13 Å². The van der Waals surface area contributed by atoms with Gasteiger partial charge in [-0.1, -0.05) is 11.6 Å². The molecule has 0 bridgehead atoms. The number of nitrogens with zero attached hydrogens (tertiary/aromatic N) is 3. The van der Waals surface area contributed by atoms with Gasteiger partial charge in [-0.15, -0.1) is 11.3 Å². The predicted molar refractivity (Wildman–Crippen MR) is 96.5 cm³/mol. The number of methoxy groups -OCH3 is 1. The highest BCUT2D eigenvalue weighted by Crippen LogP contribution is 2.31. The number of halogens is 1. The van der Waals surface area contributed by atoms with E-state index in [1.54, 1.807) is 19.2 Å². The van der Waals surface area contributed by atoms with Crippen molar-refractivity contribution >= 4 is 34.0 Å². The minimum absolute atomic E-state index is 0.131. The largest absolute Gasteiger partial charge is 0.495 e. The summed E-state index contributed by atoms with van der Waals surface area (Å²) in [7, 11) is 3.03. The molecule has 128 valence electrons. The first kappa shape index (κ1) is 17.1. The summed E-state index contributed by atoms with van der Waals surface area (Å²) in [5.74, 6) is 0.138. The van der Waals surface area contributed by atoms with Crippen LogP contribution in [0.1, 0.15) is 10.5 Å². The summed E-state index contributed by atoms with van der Waals surface area (Å²) in [5.41, 5.74) is 1.33. The fourth-order valence-electron chi connectivity index (χ4n) is 2.07. The van der Waals surface area contributed by atoms with E-state index < -0.39 is 5.91 Å². The molecule has 7 nitrogen and oxygen atoms in total. The van der Waals surface area contributed by atoms with E-state index in [0.717, 1.165) is 10.2 Å². The minimum Gasteiger partial charge on any atom is -0.495 e. The van der Waals surface area contributed by atoms with Crippen LogP contribution in [0, 0.1) is 0 Å². The quantitative estimate of drug-likeness (QED) is 0.756. The number of carbonyl (C=O) groups is 1. The molecule has 9 heteroatoms. The first-order valence-corrected chi connectivity index (χ1v) is 8.39. The molecular weight excluding hydrogens is 364 g/mol. The Bertz CT molecular complexity index is 999. The van der Waals surface area contributed by atoms with Gasteiger partial charge in [0.25, 0.3) is 11.5 Å². The summed E-state index contributed by atoms with van der Waals surface area (Å²) in [6.45, 7) is 0. The van der Waals surface area contributed by atoms with Crippen molar-refractivity contribution in [1.82, 2.24) is 14.8 Å². The van der Waals surface area contributed by atoms with Gasteiger partial charge >= 0.3 is 0 Å². The fraction of sp³-hybridized carbons (Fsp3) is 0.125. The Morgan fingerprint density at radius 2 is 2.12 bits per heavy atom. The number of aryl methyl sites for hydroxylation is 1. The summed E-state index contributed by atoms with van der Waals surface area (Å²) in [6, 6.07) is 7.99. The van der Waals surface area contributed by atoms with E-state index in [-0.39, 0.29) is 11.3 Å². The molecule has 0 unspecified atom stereocenters. The highest BCUT2D eigenvalue weighted by molar-refractivity contribution is 7.14. The molecule has 0 aliphatic heterocycles. The van der Waals surface area contributed by atoms with Crippen LogP contribution in [-0.4, -0.2) is 27.8 Å². The lowest BCUT2D eigenvalue weighted by Gasteiger charge is -2.04. The number of thiazole rings is 1. The average molecular weight is 377 g/mol. The Balaban J connectivity index is 1.79. The number of aromatic nitrogens is 3. The van der Waals surface area contributed by atoms with Crippen LogP contribution < -0.4 is 15.6 Å². The van der Waals surface area contributed by atoms with Crippen molar-refractivity contribution in [2.75, 3.05) is 12.4 Å². The van der Waals surface area contributed by atoms with E-state index in [4.69, 9.17) is 16.3 Å². The molecule has 0 aliphatic rings. The van der Waals surface area contributed by atoms with Crippen LogP contribution in [0.3, 0.4) is 0 Å². The van der Waals surface area contributed by atoms with Crippen molar-refractivity contribution in [3.05, 3.63) is 56.8 Å². The van der Waals surface area contributed by atoms with Gasteiger partial charge in [0.1, 0.15) is 11.4 Å². The molecule has 3 rings (SSSR count). The lowest BCUT2D eigenvalue weighted by Crippen LogP contribution is -2.23. The van der Waals surface area contributed by atoms with E-state index in [1.165, 1.54) is 30.5 Å². The topological polar surface area (TPSA) is 86.1 Å². The average Bonchev–Trinajstić information content (AvgIpc) is 3.05. The van der Waals surface area contributed by atoms with Gasteiger partial charge in [0.05, 0.1) is 17.8 Å². The van der Waals surface area contributed by atoms with Crippen LogP contribution in [0.15, 0.2) is 40.5 Å². The molecule has 0 spiro atoms. The monoisotopic (exact) mass is 376 g/mol. The van der Waals surface area contributed by atoms with Crippen LogP contribution in [0.4, 0.5) is 5.13 Å². The molecule has 0 fully saturated rings. The highest BCUT2D eigenvalue weighted by atomic mass is 35.5. The minimum atomic E-state index is -0.440. The third-order valence-corrected chi connectivity index (χ3v) is 4.42. The molecular formula is C16H13ClN4O3S. The number of amides is 1. The van der Waals surface area contributed by atoms with E-state index in [0.29, 0.717) is 21.6 Å². The summed E-state index contributed by atoms with van der Waals surface area (Å²) >= 11 is 7.40. The predicted octanol–water partition coefficient (Wildman–Crippen LogP) is 2.82. The number of anilines is 1. The second kappa shape index (κ2) is 7.04. The second-order valence-corrected chi connectivity index (χ2v) is 6.29. The molecule has 0 atom stereocenters. The van der Waals surface area contributed by atoms with E-state index in [1.807, 2.05) is 11.4 Å². The molecule has 2 aromatic heterocycles. The summed E-state index contributed by atoms with van der Waals surface area (Å²) in [5, 5.41) is 9.27. The maximum atomic E-state index is 12.2. The second-order valence-electron chi connectivity index (χ2n) is 5.02. The normalized spacial score (nSPS) is 10.5. The molecule has 3 aromatic rings. The third kappa shape index (κ3) is 3.70. The molecule has 1 aromatic carbocycles. The van der Waals surface area contributed by atoms with Gasteiger partial charge in [-0.2, -0.15) is 5.10 Å². The summed E-state index contributed by atoms with van der Waals surface area (Å²) in [6.07, 6.45) is 0. The Morgan fingerprint density at radius 3 is 2.80 bits per heavy atom. The van der Waals surface area contributed by atoms with Crippen molar-refractivity contribution in [2.24, 2.45) is 7.05 Å². The molecule has 0 saturated heterocycles. The van der Waals surface area contributed by atoms with Gasteiger partial charge in [0, 0.05) is 24.1 Å². The maximum absolute atomic E-state index is 12.2. The Hall–Kier alpha value is -2.71. The Kier molecular flexibility index (Phi) is 4.82. The first-order valence-electron chi connectivity index (χ1n) is 7.13. The summed E-state index contributed by atoms with van der Waals surface area (Å²) < 4.78 is 6.22. The SMILES string of the molecule is COc1ccc(-c2csc(NC(=O)c3ccc(=O)n(C)n3)n2)cc1Cl. The fourth-order valence-corrected chi connectivity index (χ4v) is 3.05. The third-order valence-electron chi connectivity index (χ3n) is 3.37. The molecule has 0 saturated carbocycles. The van der Waals surface area contributed by atoms with Gasteiger partial charge in [-0.25, -0.2) is 9.67 Å². The van der Waals surface area contributed by atoms with E-state index in [9.17, 15) is 9.59 Å². The van der Waals surface area contributed by atoms with Crippen LogP contribution in [0.2, 0.25) is 5.02 Å². The molecule has 2 heterocycles. The zero-order chi connectivity index (χ0) is 18.0. The highest BCUT2D eigenvalue weighted by Gasteiger charge is 2.13. The first-order chi connectivity index (χ1) is 12.0. The lowest BCUT2D eigenvalue weighted by atomic mass is 10.2. The molecule has 1 N–H and O–H groups in total. The number of benzene rings is 1. The molecule has 25 heavy (non-hydrogen) atoms. The van der Waals surface area contributed by atoms with Gasteiger partial charge in [-0.3, -0.25) is 14.9 Å². The number of ether oxygens (including phenoxy) is 1. The Morgan fingerprint density at radius 1 is 1.32 bits per heavy atom. The molecule has 1 amide bonds. The lowest BCUT2D eigenvalue weighted by molar-refractivity contribution is 0.102. The number of rotatable bonds is 4. The van der Waals surface area contributed by atoms with Crippen LogP contribution in [0.25, 0.3) is 11.3 Å². The zero-order valence-electron chi connectivity index (χ0n) is 13.3. The van der Waals surface area contributed by atoms with Crippen molar-refractivity contribution in [2.45, 2.75) is 0 Å². The van der Waals surface area contributed by atoms with Gasteiger partial charge < -0.3 is 4.74 Å². The van der Waals surface area contributed by atoms with Gasteiger partial charge in [0.2, 0.25) is 0 Å².